The number of aromatic nitrogens is 1. The second-order valence-electron chi connectivity index (χ2n) is 2.98. The second-order valence-corrected chi connectivity index (χ2v) is 5.65. The molecule has 1 aromatic rings. The summed E-state index contributed by atoms with van der Waals surface area (Å²) in [5.74, 6) is -0.109. The van der Waals surface area contributed by atoms with Crippen LogP contribution in [0.2, 0.25) is 0 Å². The van der Waals surface area contributed by atoms with Crippen molar-refractivity contribution in [3.63, 3.8) is 0 Å². The van der Waals surface area contributed by atoms with Crippen molar-refractivity contribution in [2.45, 2.75) is 0 Å². The zero-order valence-electron chi connectivity index (χ0n) is 8.84. The lowest BCUT2D eigenvalue weighted by atomic mass is 10.3. The van der Waals surface area contributed by atoms with Crippen LogP contribution in [0.25, 0.3) is 0 Å². The Morgan fingerprint density at radius 1 is 1.47 bits per heavy atom. The van der Waals surface area contributed by atoms with Crippen LogP contribution in [0.3, 0.4) is 0 Å². The molecule has 4 nitrogen and oxygen atoms in total. The Morgan fingerprint density at radius 2 is 2.13 bits per heavy atom. The van der Waals surface area contributed by atoms with E-state index in [9.17, 15) is 4.79 Å². The first kappa shape index (κ1) is 12.1. The Balaban J connectivity index is 2.76. The van der Waals surface area contributed by atoms with Crippen molar-refractivity contribution in [1.29, 1.82) is 0 Å². The van der Waals surface area contributed by atoms with Crippen LogP contribution in [0.15, 0.2) is 24.4 Å². The molecule has 0 saturated carbocycles. The third-order valence-corrected chi connectivity index (χ3v) is 4.10. The van der Waals surface area contributed by atoms with Gasteiger partial charge in [-0.3, -0.25) is 9.78 Å². The second kappa shape index (κ2) is 5.21. The van der Waals surface area contributed by atoms with E-state index in [2.05, 4.69) is 11.3 Å². The van der Waals surface area contributed by atoms with Crippen LogP contribution < -0.4 is 0 Å². The zero-order chi connectivity index (χ0) is 11.3. The highest BCUT2D eigenvalue weighted by Gasteiger charge is 2.19. The van der Waals surface area contributed by atoms with Gasteiger partial charge >= 0.3 is 0 Å². The molecule has 0 aliphatic heterocycles. The van der Waals surface area contributed by atoms with Crippen molar-refractivity contribution in [3.05, 3.63) is 30.1 Å². The number of carbonyl (C=O) groups is 1. The molecule has 1 heterocycles. The quantitative estimate of drug-likeness (QED) is 0.568. The highest BCUT2D eigenvalue weighted by atomic mass is 31.2. The summed E-state index contributed by atoms with van der Waals surface area (Å²) in [5, 5.41) is 0. The minimum atomic E-state index is -2.29. The summed E-state index contributed by atoms with van der Waals surface area (Å²) in [4.78, 5) is 15.7. The fraction of sp³-hybridized carbons (Fsp3) is 0.300. The van der Waals surface area contributed by atoms with Crippen molar-refractivity contribution < 1.29 is 13.8 Å². The van der Waals surface area contributed by atoms with Gasteiger partial charge in [-0.2, -0.15) is 0 Å². The van der Waals surface area contributed by atoms with Crippen LogP contribution in [-0.4, -0.2) is 37.4 Å². The van der Waals surface area contributed by atoms with Gasteiger partial charge in [-0.05, 0) is 12.1 Å². The molecule has 0 aliphatic carbocycles. The lowest BCUT2D eigenvalue weighted by Gasteiger charge is -2.18. The number of Topliss-reactive ketones (excluding diaryl/α,β-unsaturated/α-hetero) is 1. The predicted molar refractivity (Wildman–Crippen MR) is 61.5 cm³/mol. The summed E-state index contributed by atoms with van der Waals surface area (Å²) in [6.45, 7) is 0. The monoisotopic (exact) mass is 227 g/mol. The first-order chi connectivity index (χ1) is 7.11. The zero-order valence-corrected chi connectivity index (χ0v) is 9.74. The normalized spacial score (nSPS) is 11.3. The van der Waals surface area contributed by atoms with E-state index in [1.807, 2.05) is 0 Å². The molecule has 0 aromatic carbocycles. The van der Waals surface area contributed by atoms with Crippen LogP contribution in [-0.2, 0) is 9.05 Å². The van der Waals surface area contributed by atoms with E-state index in [1.54, 1.807) is 24.4 Å². The lowest BCUT2D eigenvalue weighted by molar-refractivity contribution is 0.101. The topological polar surface area (TPSA) is 48.4 Å². The van der Waals surface area contributed by atoms with E-state index < -0.39 is 7.34 Å². The molecule has 1 aromatic heterocycles. The lowest BCUT2D eigenvalue weighted by Crippen LogP contribution is -2.09. The summed E-state index contributed by atoms with van der Waals surface area (Å²) in [6.07, 6.45) is 5.52. The highest BCUT2D eigenvalue weighted by Crippen LogP contribution is 2.45. The number of pyridine rings is 1. The fourth-order valence-electron chi connectivity index (χ4n) is 1.03. The van der Waals surface area contributed by atoms with E-state index in [-0.39, 0.29) is 11.9 Å². The van der Waals surface area contributed by atoms with Crippen LogP contribution in [0.1, 0.15) is 10.5 Å². The van der Waals surface area contributed by atoms with Gasteiger partial charge in [0.2, 0.25) is 0 Å². The fourth-order valence-corrected chi connectivity index (χ4v) is 2.04. The van der Waals surface area contributed by atoms with Crippen molar-refractivity contribution in [2.24, 2.45) is 0 Å². The summed E-state index contributed by atoms with van der Waals surface area (Å²) in [6, 6.07) is 5.19. The molecule has 0 fully saturated rings. The number of hydrogen-bond donors (Lipinski definition) is 0. The van der Waals surface area contributed by atoms with Crippen molar-refractivity contribution in [2.75, 3.05) is 20.4 Å². The number of nitrogens with zero attached hydrogens (tertiary/aromatic N) is 1. The van der Waals surface area contributed by atoms with Gasteiger partial charge in [0, 0.05) is 20.4 Å². The first-order valence-electron chi connectivity index (χ1n) is 4.39. The largest absolute Gasteiger partial charge is 0.340 e. The van der Waals surface area contributed by atoms with Crippen molar-refractivity contribution in [1.82, 2.24) is 4.98 Å². The smallest absolute Gasteiger partial charge is 0.189 e. The van der Waals surface area contributed by atoms with Crippen LogP contribution in [0, 0.1) is 0 Å². The van der Waals surface area contributed by atoms with Gasteiger partial charge in [0.15, 0.2) is 5.78 Å². The third-order valence-electron chi connectivity index (χ3n) is 2.00. The van der Waals surface area contributed by atoms with Gasteiger partial charge < -0.3 is 9.05 Å². The van der Waals surface area contributed by atoms with Crippen molar-refractivity contribution in [3.8, 4) is 0 Å². The molecule has 0 atom stereocenters. The summed E-state index contributed by atoms with van der Waals surface area (Å²) in [5.41, 5.74) is 0.416. The van der Waals surface area contributed by atoms with Crippen molar-refractivity contribution >= 4 is 19.4 Å². The molecule has 5 heteroatoms. The highest BCUT2D eigenvalue weighted by molar-refractivity contribution is 7.65. The Labute approximate surface area is 89.4 Å². The number of ketones is 1. The summed E-state index contributed by atoms with van der Waals surface area (Å²) >= 11 is 0. The molecule has 0 amide bonds. The average molecular weight is 227 g/mol. The van der Waals surface area contributed by atoms with Gasteiger partial charge in [0.1, 0.15) is 13.0 Å². The minimum Gasteiger partial charge on any atom is -0.340 e. The maximum atomic E-state index is 11.7. The van der Waals surface area contributed by atoms with E-state index in [1.165, 1.54) is 14.2 Å². The van der Waals surface area contributed by atoms with Gasteiger partial charge in [0.05, 0.1) is 6.16 Å². The molecule has 0 unspecified atom stereocenters. The van der Waals surface area contributed by atoms with Gasteiger partial charge in [-0.15, -0.1) is 0 Å². The van der Waals surface area contributed by atoms with E-state index in [4.69, 9.17) is 9.05 Å². The Hall–Kier alpha value is -0.960. The molecule has 15 heavy (non-hydrogen) atoms. The minimum absolute atomic E-state index is 0.109. The van der Waals surface area contributed by atoms with E-state index in [0.717, 1.165) is 0 Å². The average Bonchev–Trinajstić information content (AvgIpc) is 2.30. The summed E-state index contributed by atoms with van der Waals surface area (Å²) < 4.78 is 10.2. The molecular formula is C10H14NO3P. The van der Waals surface area contributed by atoms with Gasteiger partial charge in [0.25, 0.3) is 0 Å². The number of carbonyl (C=O) groups excluding carboxylic acids is 1. The third kappa shape index (κ3) is 3.27. The van der Waals surface area contributed by atoms with Crippen LogP contribution >= 0.6 is 7.34 Å². The molecule has 0 saturated heterocycles. The van der Waals surface area contributed by atoms with Gasteiger partial charge in [-0.25, -0.2) is 0 Å². The molecule has 0 bridgehead atoms. The van der Waals surface area contributed by atoms with E-state index in [0.29, 0.717) is 5.69 Å². The molecule has 0 spiro atoms. The molecule has 0 N–H and O–H groups in total. The molecule has 0 radical (unpaired) electrons. The molecule has 1 rings (SSSR count). The Morgan fingerprint density at radius 3 is 2.60 bits per heavy atom. The Bertz CT molecular complexity index is 370. The van der Waals surface area contributed by atoms with E-state index >= 15 is 0 Å². The maximum Gasteiger partial charge on any atom is 0.189 e. The maximum absolute atomic E-state index is 11.7. The summed E-state index contributed by atoms with van der Waals surface area (Å²) in [7, 11) is 0.700. The molecule has 0 aliphatic rings. The number of rotatable bonds is 5. The predicted octanol–water partition coefficient (Wildman–Crippen LogP) is 1.84. The SMILES string of the molecule is C=P(CC(=O)c1ccccn1)(OC)OC. The van der Waals surface area contributed by atoms with Gasteiger partial charge in [-0.1, -0.05) is 12.4 Å². The van der Waals surface area contributed by atoms with Crippen LogP contribution in [0.4, 0.5) is 0 Å². The van der Waals surface area contributed by atoms with Crippen LogP contribution in [0.5, 0.6) is 0 Å². The first-order valence-corrected chi connectivity index (χ1v) is 6.39. The number of hydrogen-bond acceptors (Lipinski definition) is 4. The standard InChI is InChI=1S/C10H14NO3P/c1-13-15(3,14-2)8-10(12)9-6-4-5-7-11-9/h4-7H,3,8H2,1-2H3. The molecule has 82 valence electrons. The Kier molecular flexibility index (Phi) is 4.21. The molecular weight excluding hydrogens is 213 g/mol.